The molecule has 0 aliphatic carbocycles. The minimum atomic E-state index is -0.727. The number of aromatic hydroxyl groups is 2. The highest BCUT2D eigenvalue weighted by atomic mass is 32.2. The van der Waals surface area contributed by atoms with E-state index in [1.54, 1.807) is 37.3 Å². The van der Waals surface area contributed by atoms with Gasteiger partial charge in [0, 0.05) is 11.6 Å². The lowest BCUT2D eigenvalue weighted by molar-refractivity contribution is -0.138. The van der Waals surface area contributed by atoms with Gasteiger partial charge in [0.15, 0.2) is 23.0 Å². The summed E-state index contributed by atoms with van der Waals surface area (Å²) in [6.07, 6.45) is 1.45. The number of methoxy groups -OCH3 is 2. The van der Waals surface area contributed by atoms with Crippen LogP contribution in [0.5, 0.6) is 23.0 Å². The molecule has 1 heterocycles. The molecule has 9 heteroatoms. The summed E-state index contributed by atoms with van der Waals surface area (Å²) in [6, 6.07) is 9.43. The molecule has 0 bridgehead atoms. The van der Waals surface area contributed by atoms with Gasteiger partial charge in [-0.2, -0.15) is 0 Å². The van der Waals surface area contributed by atoms with E-state index in [2.05, 4.69) is 4.99 Å². The number of aliphatic hydroxyl groups excluding tert-OH is 1. The smallest absolute Gasteiger partial charge is 0.344 e. The quantitative estimate of drug-likeness (QED) is 0.447. The van der Waals surface area contributed by atoms with E-state index < -0.39 is 5.97 Å². The highest BCUT2D eigenvalue weighted by Gasteiger charge is 2.33. The van der Waals surface area contributed by atoms with Gasteiger partial charge in [0.25, 0.3) is 0 Å². The Morgan fingerprint density at radius 1 is 1.10 bits per heavy atom. The zero-order valence-corrected chi connectivity index (χ0v) is 17.9. The first kappa shape index (κ1) is 22.1. The summed E-state index contributed by atoms with van der Waals surface area (Å²) in [5.74, 6) is -0.717. The standard InChI is InChI=1S/C22H21NO7S/c1-4-30-22(27)18-20(26)17(10-12-6-5-7-14(24)19(12)25)31-21(18)23-13-8-9-15(28-2)16(11-13)29-3/h5-11,24-26H,4H2,1-3H3. The van der Waals surface area contributed by atoms with Crippen molar-refractivity contribution in [3.8, 4) is 23.0 Å². The molecule has 0 fully saturated rings. The zero-order valence-electron chi connectivity index (χ0n) is 17.1. The maximum absolute atomic E-state index is 12.5. The van der Waals surface area contributed by atoms with E-state index in [0.717, 1.165) is 11.8 Å². The fourth-order valence-corrected chi connectivity index (χ4v) is 3.84. The summed E-state index contributed by atoms with van der Waals surface area (Å²) in [4.78, 5) is 17.3. The fourth-order valence-electron chi connectivity index (χ4n) is 2.81. The fraction of sp³-hybridized carbons (Fsp3) is 0.182. The molecular formula is C22H21NO7S. The summed E-state index contributed by atoms with van der Waals surface area (Å²) in [7, 11) is 3.02. The van der Waals surface area contributed by atoms with Crippen LogP contribution in [0, 0.1) is 0 Å². The Bertz CT molecular complexity index is 1110. The summed E-state index contributed by atoms with van der Waals surface area (Å²) in [5.41, 5.74) is 0.647. The average Bonchev–Trinajstić information content (AvgIpc) is 3.06. The molecule has 1 aliphatic heterocycles. The number of benzene rings is 2. The van der Waals surface area contributed by atoms with Crippen molar-refractivity contribution in [3.63, 3.8) is 0 Å². The molecule has 3 rings (SSSR count). The number of thioether (sulfide) groups is 1. The van der Waals surface area contributed by atoms with Crippen LogP contribution in [-0.2, 0) is 9.53 Å². The largest absolute Gasteiger partial charge is 0.506 e. The second-order valence-corrected chi connectivity index (χ2v) is 7.26. The number of nitrogens with zero attached hydrogens (tertiary/aromatic N) is 1. The van der Waals surface area contributed by atoms with Crippen LogP contribution in [-0.4, -0.2) is 47.2 Å². The summed E-state index contributed by atoms with van der Waals surface area (Å²) < 4.78 is 15.6. The topological polar surface area (TPSA) is 118 Å². The molecule has 0 unspecified atom stereocenters. The van der Waals surface area contributed by atoms with Gasteiger partial charge in [-0.25, -0.2) is 9.79 Å². The van der Waals surface area contributed by atoms with Crippen LogP contribution in [0.2, 0.25) is 0 Å². The van der Waals surface area contributed by atoms with Crippen molar-refractivity contribution in [2.24, 2.45) is 4.99 Å². The van der Waals surface area contributed by atoms with E-state index in [0.29, 0.717) is 17.2 Å². The summed E-state index contributed by atoms with van der Waals surface area (Å²) >= 11 is 1.03. The third-order valence-corrected chi connectivity index (χ3v) is 5.32. The minimum Gasteiger partial charge on any atom is -0.506 e. The molecule has 0 aromatic heterocycles. The number of hydrogen-bond donors (Lipinski definition) is 3. The van der Waals surface area contributed by atoms with E-state index in [-0.39, 0.29) is 45.0 Å². The average molecular weight is 443 g/mol. The molecule has 31 heavy (non-hydrogen) atoms. The van der Waals surface area contributed by atoms with Gasteiger partial charge in [-0.1, -0.05) is 23.9 Å². The zero-order chi connectivity index (χ0) is 22.5. The lowest BCUT2D eigenvalue weighted by atomic mass is 10.1. The Kier molecular flexibility index (Phi) is 6.76. The molecule has 0 saturated heterocycles. The Morgan fingerprint density at radius 3 is 2.52 bits per heavy atom. The molecule has 0 saturated carbocycles. The Morgan fingerprint density at radius 2 is 1.84 bits per heavy atom. The molecule has 8 nitrogen and oxygen atoms in total. The highest BCUT2D eigenvalue weighted by Crippen LogP contribution is 2.42. The van der Waals surface area contributed by atoms with Crippen LogP contribution in [0.1, 0.15) is 12.5 Å². The van der Waals surface area contributed by atoms with Crippen LogP contribution < -0.4 is 9.47 Å². The molecule has 0 spiro atoms. The van der Waals surface area contributed by atoms with E-state index in [1.807, 2.05) is 0 Å². The van der Waals surface area contributed by atoms with Gasteiger partial charge in [0.05, 0.1) is 31.4 Å². The predicted octanol–water partition coefficient (Wildman–Crippen LogP) is 4.31. The number of phenolic OH excluding ortho intramolecular Hbond substituents is 2. The van der Waals surface area contributed by atoms with Crippen molar-refractivity contribution in [3.05, 3.63) is 58.2 Å². The van der Waals surface area contributed by atoms with Gasteiger partial charge in [-0.3, -0.25) is 0 Å². The molecule has 2 aromatic carbocycles. The van der Waals surface area contributed by atoms with Gasteiger partial charge < -0.3 is 29.5 Å². The number of ether oxygens (including phenoxy) is 3. The molecule has 0 atom stereocenters. The lowest BCUT2D eigenvalue weighted by Crippen LogP contribution is -2.12. The van der Waals surface area contributed by atoms with Crippen LogP contribution in [0.3, 0.4) is 0 Å². The molecule has 1 aliphatic rings. The monoisotopic (exact) mass is 443 g/mol. The van der Waals surface area contributed by atoms with Crippen molar-refractivity contribution in [2.45, 2.75) is 6.92 Å². The first-order valence-corrected chi connectivity index (χ1v) is 10.0. The third-order valence-electron chi connectivity index (χ3n) is 4.30. The van der Waals surface area contributed by atoms with Crippen molar-refractivity contribution >= 4 is 34.5 Å². The number of aliphatic hydroxyl groups is 1. The lowest BCUT2D eigenvalue weighted by Gasteiger charge is -2.08. The van der Waals surface area contributed by atoms with Crippen molar-refractivity contribution in [1.29, 1.82) is 0 Å². The Balaban J connectivity index is 2.08. The van der Waals surface area contributed by atoms with Crippen LogP contribution in [0.4, 0.5) is 5.69 Å². The predicted molar refractivity (Wildman–Crippen MR) is 118 cm³/mol. The number of rotatable bonds is 6. The van der Waals surface area contributed by atoms with E-state index >= 15 is 0 Å². The highest BCUT2D eigenvalue weighted by molar-refractivity contribution is 8.18. The third kappa shape index (κ3) is 4.61. The van der Waals surface area contributed by atoms with Gasteiger partial charge in [-0.05, 0) is 31.2 Å². The van der Waals surface area contributed by atoms with E-state index in [9.17, 15) is 20.1 Å². The molecule has 0 radical (unpaired) electrons. The normalized spacial score (nSPS) is 16.1. The number of phenols is 2. The van der Waals surface area contributed by atoms with Crippen molar-refractivity contribution < 1.29 is 34.3 Å². The summed E-state index contributed by atoms with van der Waals surface area (Å²) in [6.45, 7) is 1.78. The first-order chi connectivity index (χ1) is 14.9. The maximum Gasteiger partial charge on any atom is 0.344 e. The van der Waals surface area contributed by atoms with Gasteiger partial charge in [0.2, 0.25) is 0 Å². The minimum absolute atomic E-state index is 0.0903. The Labute approximate surface area is 183 Å². The van der Waals surface area contributed by atoms with E-state index in [4.69, 9.17) is 14.2 Å². The number of hydrogen-bond acceptors (Lipinski definition) is 9. The molecule has 2 aromatic rings. The van der Waals surface area contributed by atoms with Gasteiger partial charge in [0.1, 0.15) is 16.4 Å². The second-order valence-electron chi connectivity index (χ2n) is 6.23. The number of esters is 1. The first-order valence-electron chi connectivity index (χ1n) is 9.21. The molecule has 0 amide bonds. The molecule has 3 N–H and O–H groups in total. The van der Waals surface area contributed by atoms with Crippen LogP contribution >= 0.6 is 11.8 Å². The van der Waals surface area contributed by atoms with Gasteiger partial charge in [-0.15, -0.1) is 0 Å². The number of aliphatic imine (C=N–C) groups is 1. The molecule has 162 valence electrons. The number of carbonyl (C=O) groups excluding carboxylic acids is 1. The van der Waals surface area contributed by atoms with Crippen LogP contribution in [0.15, 0.2) is 57.6 Å². The van der Waals surface area contributed by atoms with Crippen molar-refractivity contribution in [1.82, 2.24) is 0 Å². The van der Waals surface area contributed by atoms with Gasteiger partial charge >= 0.3 is 5.97 Å². The SMILES string of the molecule is CCOC(=O)C1=C(O)C(=Cc2cccc(O)c2O)SC1=Nc1ccc(OC)c(OC)c1. The number of para-hydroxylation sites is 1. The second kappa shape index (κ2) is 9.48. The van der Waals surface area contributed by atoms with Crippen LogP contribution in [0.25, 0.3) is 6.08 Å². The van der Waals surface area contributed by atoms with E-state index in [1.165, 1.54) is 26.4 Å². The molecular weight excluding hydrogens is 422 g/mol. The maximum atomic E-state index is 12.5. The summed E-state index contributed by atoms with van der Waals surface area (Å²) in [5, 5.41) is 30.7. The van der Waals surface area contributed by atoms with Crippen molar-refractivity contribution in [2.75, 3.05) is 20.8 Å². The number of carbonyl (C=O) groups is 1. The Hall–Kier alpha value is -3.59.